The molecular formula is C34H42N4O3. The third kappa shape index (κ3) is 8.82. The van der Waals surface area contributed by atoms with Crippen LogP contribution in [0.5, 0.6) is 0 Å². The molecule has 0 spiro atoms. The van der Waals surface area contributed by atoms with Crippen LogP contribution in [0.25, 0.3) is 0 Å². The number of likely N-dealkylation sites (tertiary alicyclic amines) is 1. The van der Waals surface area contributed by atoms with Crippen LogP contribution in [-0.4, -0.2) is 42.6 Å². The van der Waals surface area contributed by atoms with Crippen molar-refractivity contribution in [3.63, 3.8) is 0 Å². The van der Waals surface area contributed by atoms with Crippen molar-refractivity contribution in [3.8, 4) is 0 Å². The van der Waals surface area contributed by atoms with Crippen molar-refractivity contribution >= 4 is 29.1 Å². The standard InChI is InChI=1S/C34H42N4O3/c39-33(36-31-15-7-8-16-32(31)37-34(40)41-25-27-12-5-2-6-13-27)28-17-19-30(20-18-28)35-29-14-9-22-38(23-21-29)24-26-10-3-1-4-11-26/h2,5-8,12-13,15-20,26,29,35H,1,3-4,9-11,14,21-25H2,(H,36,39)(H,37,40). The van der Waals surface area contributed by atoms with E-state index >= 15 is 0 Å². The highest BCUT2D eigenvalue weighted by atomic mass is 16.5. The van der Waals surface area contributed by atoms with Gasteiger partial charge >= 0.3 is 6.09 Å². The van der Waals surface area contributed by atoms with E-state index in [9.17, 15) is 9.59 Å². The maximum Gasteiger partial charge on any atom is 0.412 e. The molecule has 1 atom stereocenters. The molecule has 216 valence electrons. The highest BCUT2D eigenvalue weighted by molar-refractivity contribution is 6.07. The molecule has 7 nitrogen and oxygen atoms in total. The van der Waals surface area contributed by atoms with Gasteiger partial charge in [0.25, 0.3) is 5.91 Å². The Balaban J connectivity index is 1.10. The summed E-state index contributed by atoms with van der Waals surface area (Å²) in [4.78, 5) is 28.1. The second kappa shape index (κ2) is 14.7. The first kappa shape index (κ1) is 28.7. The maximum absolute atomic E-state index is 13.0. The zero-order valence-corrected chi connectivity index (χ0v) is 23.8. The zero-order chi connectivity index (χ0) is 28.3. The number of rotatable bonds is 9. The number of amides is 2. The number of benzene rings is 3. The van der Waals surface area contributed by atoms with Gasteiger partial charge in [-0.25, -0.2) is 4.79 Å². The molecule has 1 unspecified atom stereocenters. The average Bonchev–Trinajstić information content (AvgIpc) is 3.23. The molecular weight excluding hydrogens is 512 g/mol. The van der Waals surface area contributed by atoms with Crippen molar-refractivity contribution in [1.82, 2.24) is 4.90 Å². The van der Waals surface area contributed by atoms with Gasteiger partial charge in [0.1, 0.15) is 6.61 Å². The average molecular weight is 555 g/mol. The van der Waals surface area contributed by atoms with Gasteiger partial charge in [-0.05, 0) is 86.5 Å². The lowest BCUT2D eigenvalue weighted by atomic mass is 9.89. The summed E-state index contributed by atoms with van der Waals surface area (Å²) in [6.45, 7) is 3.79. The van der Waals surface area contributed by atoms with Crippen molar-refractivity contribution < 1.29 is 14.3 Å². The summed E-state index contributed by atoms with van der Waals surface area (Å²) in [5.41, 5.74) is 3.47. The molecule has 1 saturated heterocycles. The number of carbonyl (C=O) groups is 2. The van der Waals surface area contributed by atoms with Gasteiger partial charge in [-0.15, -0.1) is 0 Å². The summed E-state index contributed by atoms with van der Waals surface area (Å²) in [6, 6.07) is 24.7. The van der Waals surface area contributed by atoms with E-state index in [4.69, 9.17) is 4.74 Å². The van der Waals surface area contributed by atoms with E-state index in [1.54, 1.807) is 18.2 Å². The SMILES string of the molecule is O=C(Nc1ccccc1NC(=O)c1ccc(NC2CCCN(CC3CCCCC3)CC2)cc1)OCc1ccccc1. The Hall–Kier alpha value is -3.84. The van der Waals surface area contributed by atoms with Crippen molar-refractivity contribution in [3.05, 3.63) is 90.0 Å². The van der Waals surface area contributed by atoms with Crippen molar-refractivity contribution in [2.24, 2.45) is 5.92 Å². The Bertz CT molecular complexity index is 1260. The van der Waals surface area contributed by atoms with Crippen LogP contribution in [0.1, 0.15) is 67.3 Å². The van der Waals surface area contributed by atoms with Gasteiger partial charge in [0.05, 0.1) is 11.4 Å². The number of nitrogens with zero attached hydrogens (tertiary/aromatic N) is 1. The van der Waals surface area contributed by atoms with Gasteiger partial charge in [-0.1, -0.05) is 61.7 Å². The minimum absolute atomic E-state index is 0.168. The zero-order valence-electron chi connectivity index (χ0n) is 23.8. The van der Waals surface area contributed by atoms with E-state index in [0.29, 0.717) is 23.0 Å². The third-order valence-corrected chi connectivity index (χ3v) is 8.20. The third-order valence-electron chi connectivity index (χ3n) is 8.20. The van der Waals surface area contributed by atoms with Crippen LogP contribution in [0.2, 0.25) is 0 Å². The Morgan fingerprint density at radius 1 is 0.732 bits per heavy atom. The minimum Gasteiger partial charge on any atom is -0.444 e. The maximum atomic E-state index is 13.0. The first-order valence-corrected chi connectivity index (χ1v) is 15.1. The van der Waals surface area contributed by atoms with Crippen molar-refractivity contribution in [1.29, 1.82) is 0 Å². The van der Waals surface area contributed by atoms with Gasteiger partial charge in [-0.3, -0.25) is 10.1 Å². The van der Waals surface area contributed by atoms with Crippen LogP contribution < -0.4 is 16.0 Å². The molecule has 5 rings (SSSR count). The summed E-state index contributed by atoms with van der Waals surface area (Å²) in [5, 5.41) is 9.35. The number of para-hydroxylation sites is 2. The van der Waals surface area contributed by atoms with Gasteiger partial charge < -0.3 is 20.3 Å². The van der Waals surface area contributed by atoms with Crippen LogP contribution in [0.3, 0.4) is 0 Å². The molecule has 2 amide bonds. The molecule has 7 heteroatoms. The Morgan fingerprint density at radius 2 is 1.44 bits per heavy atom. The van der Waals surface area contributed by atoms with E-state index in [2.05, 4.69) is 20.9 Å². The Morgan fingerprint density at radius 3 is 2.20 bits per heavy atom. The second-order valence-electron chi connectivity index (χ2n) is 11.3. The molecule has 41 heavy (non-hydrogen) atoms. The molecule has 1 saturated carbocycles. The van der Waals surface area contributed by atoms with Crippen LogP contribution in [0.15, 0.2) is 78.9 Å². The molecule has 3 aromatic rings. The smallest absolute Gasteiger partial charge is 0.412 e. The number of hydrogen-bond donors (Lipinski definition) is 3. The molecule has 3 N–H and O–H groups in total. The molecule has 1 aliphatic carbocycles. The molecule has 1 heterocycles. The predicted molar refractivity (Wildman–Crippen MR) is 165 cm³/mol. The normalized spacial score (nSPS) is 18.2. The van der Waals surface area contributed by atoms with Crippen molar-refractivity contribution in [2.45, 2.75) is 64.0 Å². The first-order valence-electron chi connectivity index (χ1n) is 15.1. The molecule has 3 aromatic carbocycles. The topological polar surface area (TPSA) is 82.7 Å². The van der Waals surface area contributed by atoms with Crippen LogP contribution in [0.4, 0.5) is 21.9 Å². The van der Waals surface area contributed by atoms with Crippen LogP contribution >= 0.6 is 0 Å². The van der Waals surface area contributed by atoms with Gasteiger partial charge in [0.15, 0.2) is 0 Å². The number of anilines is 3. The fourth-order valence-corrected chi connectivity index (χ4v) is 5.94. The molecule has 0 radical (unpaired) electrons. The highest BCUT2D eigenvalue weighted by Crippen LogP contribution is 2.26. The second-order valence-corrected chi connectivity index (χ2v) is 11.3. The molecule has 1 aliphatic heterocycles. The van der Waals surface area contributed by atoms with E-state index in [0.717, 1.165) is 30.1 Å². The van der Waals surface area contributed by atoms with E-state index in [-0.39, 0.29) is 12.5 Å². The van der Waals surface area contributed by atoms with Crippen LogP contribution in [0, 0.1) is 5.92 Å². The van der Waals surface area contributed by atoms with E-state index in [1.807, 2.05) is 60.7 Å². The molecule has 0 bridgehead atoms. The van der Waals surface area contributed by atoms with Crippen LogP contribution in [-0.2, 0) is 11.3 Å². The van der Waals surface area contributed by atoms with Gasteiger partial charge in [0.2, 0.25) is 0 Å². The Kier molecular flexibility index (Phi) is 10.3. The number of carbonyl (C=O) groups excluding carboxylic acids is 2. The summed E-state index contributed by atoms with van der Waals surface area (Å²) in [6.07, 6.45) is 9.99. The molecule has 2 fully saturated rings. The predicted octanol–water partition coefficient (Wildman–Crippen LogP) is 7.53. The number of hydrogen-bond acceptors (Lipinski definition) is 5. The Labute approximate surface area is 243 Å². The fraction of sp³-hybridized carbons (Fsp3) is 0.412. The van der Waals surface area contributed by atoms with Gasteiger partial charge in [0, 0.05) is 30.4 Å². The monoisotopic (exact) mass is 554 g/mol. The lowest BCUT2D eigenvalue weighted by Gasteiger charge is -2.28. The van der Waals surface area contributed by atoms with Crippen molar-refractivity contribution in [2.75, 3.05) is 35.6 Å². The first-order chi connectivity index (χ1) is 20.1. The molecule has 2 aliphatic rings. The quantitative estimate of drug-likeness (QED) is 0.255. The minimum atomic E-state index is -0.582. The van der Waals surface area contributed by atoms with Gasteiger partial charge in [-0.2, -0.15) is 0 Å². The largest absolute Gasteiger partial charge is 0.444 e. The highest BCUT2D eigenvalue weighted by Gasteiger charge is 2.21. The van der Waals surface area contributed by atoms with E-state index in [1.165, 1.54) is 58.0 Å². The summed E-state index contributed by atoms with van der Waals surface area (Å²) in [5.74, 6) is 0.652. The number of nitrogens with one attached hydrogen (secondary N) is 3. The summed E-state index contributed by atoms with van der Waals surface area (Å²) < 4.78 is 5.33. The summed E-state index contributed by atoms with van der Waals surface area (Å²) >= 11 is 0. The van der Waals surface area contributed by atoms with E-state index < -0.39 is 6.09 Å². The summed E-state index contributed by atoms with van der Waals surface area (Å²) in [7, 11) is 0. The lowest BCUT2D eigenvalue weighted by Crippen LogP contribution is -2.32. The lowest BCUT2D eigenvalue weighted by molar-refractivity contribution is 0.102. The molecule has 0 aromatic heterocycles. The number of ether oxygens (including phenoxy) is 1. The fourth-order valence-electron chi connectivity index (χ4n) is 5.94.